The first-order valence-electron chi connectivity index (χ1n) is 4.19. The molecule has 1 aromatic heterocycles. The molecule has 3 nitrogen and oxygen atoms in total. The molecule has 1 heterocycles. The van der Waals surface area contributed by atoms with Gasteiger partial charge in [-0.1, -0.05) is 0 Å². The fourth-order valence-corrected chi connectivity index (χ4v) is 1.35. The molecule has 0 unspecified atom stereocenters. The van der Waals surface area contributed by atoms with Crippen molar-refractivity contribution in [3.8, 4) is 0 Å². The first-order valence-corrected chi connectivity index (χ1v) is 4.19. The standard InChI is InChI=1S/C8H8F3N3/c9-8(10,11)7-5(4-1-2-4)3-6(12)13-14-7/h3-4H,1-2H2,(H2,12,13). The van der Waals surface area contributed by atoms with Crippen molar-refractivity contribution >= 4 is 5.82 Å². The van der Waals surface area contributed by atoms with Crippen molar-refractivity contribution in [3.63, 3.8) is 0 Å². The maximum Gasteiger partial charge on any atom is 0.435 e. The molecule has 1 aliphatic rings. The van der Waals surface area contributed by atoms with Crippen molar-refractivity contribution in [3.05, 3.63) is 17.3 Å². The minimum Gasteiger partial charge on any atom is -0.382 e. The first kappa shape index (κ1) is 9.23. The molecule has 14 heavy (non-hydrogen) atoms. The van der Waals surface area contributed by atoms with Crippen LogP contribution in [0.15, 0.2) is 6.07 Å². The van der Waals surface area contributed by atoms with Gasteiger partial charge in [-0.05, 0) is 30.4 Å². The second-order valence-electron chi connectivity index (χ2n) is 3.35. The zero-order valence-corrected chi connectivity index (χ0v) is 7.17. The summed E-state index contributed by atoms with van der Waals surface area (Å²) in [4.78, 5) is 0. The molecule has 1 fully saturated rings. The molecule has 2 rings (SSSR count). The van der Waals surface area contributed by atoms with Crippen LogP contribution in [-0.2, 0) is 6.18 Å². The van der Waals surface area contributed by atoms with Crippen LogP contribution in [0.5, 0.6) is 0 Å². The van der Waals surface area contributed by atoms with Gasteiger partial charge >= 0.3 is 6.18 Å². The lowest BCUT2D eigenvalue weighted by molar-refractivity contribution is -0.142. The van der Waals surface area contributed by atoms with Gasteiger partial charge in [-0.15, -0.1) is 10.2 Å². The fourth-order valence-electron chi connectivity index (χ4n) is 1.35. The number of alkyl halides is 3. The number of halogens is 3. The van der Waals surface area contributed by atoms with E-state index in [1.54, 1.807) is 0 Å². The van der Waals surface area contributed by atoms with E-state index in [4.69, 9.17) is 5.73 Å². The highest BCUT2D eigenvalue weighted by atomic mass is 19.4. The Kier molecular flexibility index (Phi) is 1.87. The number of nitrogens with zero attached hydrogens (tertiary/aromatic N) is 2. The Bertz CT molecular complexity index is 357. The van der Waals surface area contributed by atoms with E-state index in [0.29, 0.717) is 0 Å². The summed E-state index contributed by atoms with van der Waals surface area (Å²) in [5, 5.41) is 6.33. The monoisotopic (exact) mass is 203 g/mol. The predicted molar refractivity (Wildman–Crippen MR) is 43.4 cm³/mol. The molecule has 0 aliphatic heterocycles. The second-order valence-corrected chi connectivity index (χ2v) is 3.35. The van der Waals surface area contributed by atoms with Gasteiger partial charge < -0.3 is 5.73 Å². The zero-order chi connectivity index (χ0) is 10.3. The number of rotatable bonds is 1. The highest BCUT2D eigenvalue weighted by Gasteiger charge is 2.40. The summed E-state index contributed by atoms with van der Waals surface area (Å²) >= 11 is 0. The number of hydrogen-bond donors (Lipinski definition) is 1. The normalized spacial score (nSPS) is 17.1. The molecular formula is C8H8F3N3. The van der Waals surface area contributed by atoms with Crippen LogP contribution in [0.25, 0.3) is 0 Å². The molecule has 1 saturated carbocycles. The van der Waals surface area contributed by atoms with Gasteiger partial charge in [0.15, 0.2) is 5.69 Å². The zero-order valence-electron chi connectivity index (χ0n) is 7.17. The maximum atomic E-state index is 12.4. The minimum absolute atomic E-state index is 0.0376. The van der Waals surface area contributed by atoms with Gasteiger partial charge in [0.25, 0.3) is 0 Å². The Morgan fingerprint density at radius 1 is 1.29 bits per heavy atom. The van der Waals surface area contributed by atoms with Crippen molar-refractivity contribution in [1.29, 1.82) is 0 Å². The van der Waals surface area contributed by atoms with E-state index in [9.17, 15) is 13.2 Å². The Hall–Kier alpha value is -1.33. The fraction of sp³-hybridized carbons (Fsp3) is 0.500. The lowest BCUT2D eigenvalue weighted by Gasteiger charge is -2.10. The third-order valence-electron chi connectivity index (χ3n) is 2.13. The smallest absolute Gasteiger partial charge is 0.382 e. The van der Waals surface area contributed by atoms with Crippen LogP contribution in [0.3, 0.4) is 0 Å². The van der Waals surface area contributed by atoms with Crippen molar-refractivity contribution in [2.45, 2.75) is 24.9 Å². The van der Waals surface area contributed by atoms with E-state index in [1.165, 1.54) is 6.07 Å². The number of hydrogen-bond acceptors (Lipinski definition) is 3. The molecule has 0 saturated heterocycles. The molecule has 0 radical (unpaired) electrons. The SMILES string of the molecule is Nc1cc(C2CC2)c(C(F)(F)F)nn1. The van der Waals surface area contributed by atoms with E-state index in [2.05, 4.69) is 10.2 Å². The molecule has 0 aromatic carbocycles. The van der Waals surface area contributed by atoms with Crippen molar-refractivity contribution in [2.75, 3.05) is 5.73 Å². The summed E-state index contributed by atoms with van der Waals surface area (Å²) in [6.07, 6.45) is -2.89. The Morgan fingerprint density at radius 2 is 1.93 bits per heavy atom. The second kappa shape index (κ2) is 2.83. The van der Waals surface area contributed by atoms with Gasteiger partial charge in [0.2, 0.25) is 0 Å². The molecule has 1 aromatic rings. The lowest BCUT2D eigenvalue weighted by atomic mass is 10.1. The van der Waals surface area contributed by atoms with Gasteiger partial charge in [-0.25, -0.2) is 0 Å². The van der Waals surface area contributed by atoms with Crippen LogP contribution in [0.4, 0.5) is 19.0 Å². The Balaban J connectivity index is 2.47. The third kappa shape index (κ3) is 1.64. The average Bonchev–Trinajstić information content (AvgIpc) is 2.83. The molecule has 2 N–H and O–H groups in total. The van der Waals surface area contributed by atoms with Gasteiger partial charge in [0.05, 0.1) is 0 Å². The van der Waals surface area contributed by atoms with Crippen LogP contribution in [-0.4, -0.2) is 10.2 Å². The van der Waals surface area contributed by atoms with Gasteiger partial charge in [0.1, 0.15) is 5.82 Å². The molecule has 6 heteroatoms. The molecule has 0 spiro atoms. The summed E-state index contributed by atoms with van der Waals surface area (Å²) in [7, 11) is 0. The Morgan fingerprint density at radius 3 is 2.43 bits per heavy atom. The van der Waals surface area contributed by atoms with Crippen LogP contribution >= 0.6 is 0 Å². The topological polar surface area (TPSA) is 51.8 Å². The summed E-state index contributed by atoms with van der Waals surface area (Å²) in [6, 6.07) is 1.27. The molecule has 1 aliphatic carbocycles. The van der Waals surface area contributed by atoms with E-state index < -0.39 is 11.9 Å². The number of aromatic nitrogens is 2. The average molecular weight is 203 g/mol. The number of nitrogen functional groups attached to an aromatic ring is 1. The summed E-state index contributed by atoms with van der Waals surface area (Å²) in [6.45, 7) is 0. The predicted octanol–water partition coefficient (Wildman–Crippen LogP) is 1.95. The number of nitrogens with two attached hydrogens (primary N) is 1. The van der Waals surface area contributed by atoms with E-state index >= 15 is 0 Å². The third-order valence-corrected chi connectivity index (χ3v) is 2.13. The largest absolute Gasteiger partial charge is 0.435 e. The van der Waals surface area contributed by atoms with Crippen molar-refractivity contribution in [2.24, 2.45) is 0 Å². The van der Waals surface area contributed by atoms with Crippen LogP contribution in [0, 0.1) is 0 Å². The molecular weight excluding hydrogens is 195 g/mol. The quantitative estimate of drug-likeness (QED) is 0.758. The van der Waals surface area contributed by atoms with Gasteiger partial charge in [0, 0.05) is 0 Å². The van der Waals surface area contributed by atoms with Crippen LogP contribution in [0.1, 0.15) is 30.0 Å². The number of anilines is 1. The van der Waals surface area contributed by atoms with Crippen LogP contribution < -0.4 is 5.73 Å². The molecule has 0 atom stereocenters. The Labute approximate surface area is 78.1 Å². The van der Waals surface area contributed by atoms with Crippen molar-refractivity contribution in [1.82, 2.24) is 10.2 Å². The summed E-state index contributed by atoms with van der Waals surface area (Å²) < 4.78 is 37.3. The molecule has 0 amide bonds. The lowest BCUT2D eigenvalue weighted by Crippen LogP contribution is -2.13. The van der Waals surface area contributed by atoms with E-state index in [1.807, 2.05) is 0 Å². The highest BCUT2D eigenvalue weighted by molar-refractivity contribution is 5.38. The minimum atomic E-state index is -4.43. The maximum absolute atomic E-state index is 12.4. The van der Waals surface area contributed by atoms with E-state index in [-0.39, 0.29) is 17.3 Å². The molecule has 76 valence electrons. The first-order chi connectivity index (χ1) is 6.48. The van der Waals surface area contributed by atoms with Crippen LogP contribution in [0.2, 0.25) is 0 Å². The summed E-state index contributed by atoms with van der Waals surface area (Å²) in [5.74, 6) is 0.00400. The van der Waals surface area contributed by atoms with Crippen molar-refractivity contribution < 1.29 is 13.2 Å². The highest BCUT2D eigenvalue weighted by Crippen LogP contribution is 2.45. The molecule has 0 bridgehead atoms. The van der Waals surface area contributed by atoms with E-state index in [0.717, 1.165) is 12.8 Å². The van der Waals surface area contributed by atoms with Gasteiger partial charge in [-0.3, -0.25) is 0 Å². The summed E-state index contributed by atoms with van der Waals surface area (Å²) in [5.41, 5.74) is 4.59. The van der Waals surface area contributed by atoms with Gasteiger partial charge in [-0.2, -0.15) is 13.2 Å².